The Hall–Kier alpha value is -3.10. The fourth-order valence-corrected chi connectivity index (χ4v) is 3.61. The summed E-state index contributed by atoms with van der Waals surface area (Å²) in [4.78, 5) is 47.6. The van der Waals surface area contributed by atoms with Gasteiger partial charge >= 0.3 is 5.97 Å². The Morgan fingerprint density at radius 3 is 2.46 bits per heavy atom. The van der Waals surface area contributed by atoms with Gasteiger partial charge in [0.15, 0.2) is 18.1 Å². The molecule has 2 aliphatic heterocycles. The van der Waals surface area contributed by atoms with Crippen LogP contribution in [0.3, 0.4) is 0 Å². The van der Waals surface area contributed by atoms with E-state index in [0.717, 1.165) is 30.6 Å². The molecule has 1 saturated carbocycles. The smallest absolute Gasteiger partial charge is 0.326 e. The molecular weight excluding hydrogens is 368 g/mol. The van der Waals surface area contributed by atoms with Crippen molar-refractivity contribution in [1.29, 1.82) is 0 Å². The van der Waals surface area contributed by atoms with Gasteiger partial charge < -0.3 is 19.5 Å². The van der Waals surface area contributed by atoms with Crippen LogP contribution in [0.4, 0.5) is 5.69 Å². The number of fused-ring (bicyclic) bond motifs is 1. The summed E-state index contributed by atoms with van der Waals surface area (Å²) in [5.74, 6) is -1.53. The van der Waals surface area contributed by atoms with Crippen molar-refractivity contribution in [3.63, 3.8) is 0 Å². The fraction of sp³-hybridized carbons (Fsp3) is 0.474. The molecule has 0 atom stereocenters. The highest BCUT2D eigenvalue weighted by Gasteiger charge is 2.44. The minimum Gasteiger partial charge on any atom is -0.454 e. The Morgan fingerprint density at radius 1 is 1.07 bits per heavy atom. The maximum Gasteiger partial charge on any atom is 0.326 e. The normalized spacial score (nSPS) is 19.4. The molecule has 3 aliphatic rings. The molecular formula is C19H20N2O7. The molecule has 1 aromatic rings. The van der Waals surface area contributed by atoms with E-state index in [9.17, 15) is 19.2 Å². The molecule has 0 bridgehead atoms. The number of esters is 1. The fourth-order valence-electron chi connectivity index (χ4n) is 3.61. The minimum absolute atomic E-state index is 0.0952. The lowest BCUT2D eigenvalue weighted by molar-refractivity contribution is -0.153. The Balaban J connectivity index is 1.27. The first-order valence-electron chi connectivity index (χ1n) is 9.25. The van der Waals surface area contributed by atoms with Gasteiger partial charge in [-0.1, -0.05) is 0 Å². The second-order valence-electron chi connectivity index (χ2n) is 7.07. The third-order valence-electron chi connectivity index (χ3n) is 4.99. The zero-order valence-electron chi connectivity index (χ0n) is 15.2. The van der Waals surface area contributed by atoms with E-state index in [4.69, 9.17) is 14.2 Å². The number of nitrogens with zero attached hydrogens (tertiary/aromatic N) is 1. The van der Waals surface area contributed by atoms with Gasteiger partial charge in [0.2, 0.25) is 11.8 Å². The number of amides is 3. The first-order chi connectivity index (χ1) is 13.4. The van der Waals surface area contributed by atoms with Crippen molar-refractivity contribution >= 4 is 29.4 Å². The van der Waals surface area contributed by atoms with Crippen molar-refractivity contribution in [2.45, 2.75) is 44.3 Å². The van der Waals surface area contributed by atoms with Crippen LogP contribution in [0.15, 0.2) is 18.2 Å². The van der Waals surface area contributed by atoms with Gasteiger partial charge in [-0.15, -0.1) is 0 Å². The highest BCUT2D eigenvalue weighted by atomic mass is 16.7. The Morgan fingerprint density at radius 2 is 1.75 bits per heavy atom. The van der Waals surface area contributed by atoms with E-state index >= 15 is 0 Å². The van der Waals surface area contributed by atoms with E-state index in [-0.39, 0.29) is 12.8 Å². The Kier molecular flexibility index (Phi) is 4.66. The quantitative estimate of drug-likeness (QED) is 0.599. The largest absolute Gasteiger partial charge is 0.454 e. The van der Waals surface area contributed by atoms with Crippen LogP contribution in [0.5, 0.6) is 11.5 Å². The van der Waals surface area contributed by atoms with E-state index in [2.05, 4.69) is 5.32 Å². The lowest BCUT2D eigenvalue weighted by Gasteiger charge is -2.21. The van der Waals surface area contributed by atoms with Crippen molar-refractivity contribution in [2.24, 2.45) is 0 Å². The van der Waals surface area contributed by atoms with Gasteiger partial charge in [-0.05, 0) is 25.0 Å². The van der Waals surface area contributed by atoms with Crippen molar-refractivity contribution in [3.05, 3.63) is 18.2 Å². The van der Waals surface area contributed by atoms with Crippen LogP contribution in [0, 0.1) is 0 Å². The number of nitrogens with one attached hydrogen (secondary N) is 1. The van der Waals surface area contributed by atoms with E-state index in [1.165, 1.54) is 0 Å². The minimum atomic E-state index is -0.812. The van der Waals surface area contributed by atoms with Gasteiger partial charge in [-0.3, -0.25) is 24.1 Å². The van der Waals surface area contributed by atoms with Crippen LogP contribution in [0.25, 0.3) is 0 Å². The zero-order chi connectivity index (χ0) is 19.7. The summed E-state index contributed by atoms with van der Waals surface area (Å²) in [5.41, 5.74) is 0.489. The van der Waals surface area contributed by atoms with Gasteiger partial charge in [-0.2, -0.15) is 0 Å². The molecule has 9 nitrogen and oxygen atoms in total. The van der Waals surface area contributed by atoms with Crippen LogP contribution < -0.4 is 14.8 Å². The molecule has 1 saturated heterocycles. The molecule has 2 heterocycles. The van der Waals surface area contributed by atoms with Crippen molar-refractivity contribution in [1.82, 2.24) is 4.90 Å². The maximum absolute atomic E-state index is 12.0. The van der Waals surface area contributed by atoms with Crippen molar-refractivity contribution < 1.29 is 33.4 Å². The summed E-state index contributed by atoms with van der Waals surface area (Å²) >= 11 is 0. The first kappa shape index (κ1) is 18.3. The summed E-state index contributed by atoms with van der Waals surface area (Å²) in [5, 5.41) is 2.62. The highest BCUT2D eigenvalue weighted by Crippen LogP contribution is 2.47. The summed E-state index contributed by atoms with van der Waals surface area (Å²) in [6.45, 7) is -0.996. The number of benzene rings is 1. The van der Waals surface area contributed by atoms with E-state index in [0.29, 0.717) is 17.2 Å². The third kappa shape index (κ3) is 3.64. The van der Waals surface area contributed by atoms with Crippen LogP contribution in [0.2, 0.25) is 0 Å². The maximum atomic E-state index is 12.0. The molecule has 9 heteroatoms. The lowest BCUT2D eigenvalue weighted by Crippen LogP contribution is -2.36. The number of anilines is 1. The number of likely N-dealkylation sites (tertiary alicyclic amines) is 1. The third-order valence-corrected chi connectivity index (χ3v) is 4.99. The van der Waals surface area contributed by atoms with Crippen molar-refractivity contribution in [2.75, 3.05) is 18.5 Å². The number of rotatable bonds is 5. The molecule has 0 radical (unpaired) electrons. The molecule has 0 unspecified atom stereocenters. The first-order valence-corrected chi connectivity index (χ1v) is 9.25. The Bertz CT molecular complexity index is 829. The van der Waals surface area contributed by atoms with Gasteiger partial charge in [0.1, 0.15) is 6.54 Å². The van der Waals surface area contributed by atoms with Gasteiger partial charge in [-0.25, -0.2) is 0 Å². The average molecular weight is 388 g/mol. The molecule has 1 spiro atoms. The molecule has 2 fully saturated rings. The second kappa shape index (κ2) is 7.14. The molecule has 1 N–H and O–H groups in total. The predicted molar refractivity (Wildman–Crippen MR) is 94.4 cm³/mol. The summed E-state index contributed by atoms with van der Waals surface area (Å²) in [6, 6.07) is 5.08. The summed E-state index contributed by atoms with van der Waals surface area (Å²) < 4.78 is 16.7. The van der Waals surface area contributed by atoms with Gasteiger partial charge in [0, 0.05) is 37.4 Å². The van der Waals surface area contributed by atoms with Crippen LogP contribution in [-0.4, -0.2) is 47.5 Å². The van der Waals surface area contributed by atoms with Crippen LogP contribution in [-0.2, 0) is 23.9 Å². The van der Waals surface area contributed by atoms with E-state index < -0.39 is 42.6 Å². The molecule has 4 rings (SSSR count). The summed E-state index contributed by atoms with van der Waals surface area (Å²) in [6.07, 6.45) is 3.97. The highest BCUT2D eigenvalue weighted by molar-refractivity contribution is 6.04. The predicted octanol–water partition coefficient (Wildman–Crippen LogP) is 1.36. The Labute approximate surface area is 160 Å². The standard InChI is InChI=1S/C19H20N2O7/c22-15(11-26-18(25)10-21-16(23)5-6-17(21)24)20-12-3-4-13-14(9-12)28-19(27-13)7-1-2-8-19/h3-4,9H,1-2,5-8,10-11H2,(H,20,22). The van der Waals surface area contributed by atoms with Gasteiger partial charge in [0.05, 0.1) is 0 Å². The van der Waals surface area contributed by atoms with E-state index in [1.807, 2.05) is 0 Å². The second-order valence-corrected chi connectivity index (χ2v) is 7.07. The topological polar surface area (TPSA) is 111 Å². The number of hydrogen-bond donors (Lipinski definition) is 1. The number of imide groups is 1. The molecule has 0 aromatic heterocycles. The number of hydrogen-bond acceptors (Lipinski definition) is 7. The number of carbonyl (C=O) groups excluding carboxylic acids is 4. The molecule has 1 aromatic carbocycles. The monoisotopic (exact) mass is 388 g/mol. The molecule has 148 valence electrons. The van der Waals surface area contributed by atoms with Crippen molar-refractivity contribution in [3.8, 4) is 11.5 Å². The molecule has 1 aliphatic carbocycles. The van der Waals surface area contributed by atoms with E-state index in [1.54, 1.807) is 18.2 Å². The van der Waals surface area contributed by atoms with Gasteiger partial charge in [0.25, 0.3) is 11.7 Å². The number of ether oxygens (including phenoxy) is 3. The van der Waals surface area contributed by atoms with Crippen LogP contribution in [0.1, 0.15) is 38.5 Å². The molecule has 28 heavy (non-hydrogen) atoms. The zero-order valence-corrected chi connectivity index (χ0v) is 15.2. The SMILES string of the molecule is O=C(COC(=O)CN1C(=O)CCC1=O)Nc1ccc2c(c1)OC1(CCCC1)O2. The van der Waals surface area contributed by atoms with Crippen LogP contribution >= 0.6 is 0 Å². The average Bonchev–Trinajstić information content (AvgIpc) is 3.35. The molecule has 3 amide bonds. The lowest BCUT2D eigenvalue weighted by atomic mass is 10.2. The summed E-state index contributed by atoms with van der Waals surface area (Å²) in [7, 11) is 0. The number of carbonyl (C=O) groups is 4.